The highest BCUT2D eigenvalue weighted by molar-refractivity contribution is 6.44. The lowest BCUT2D eigenvalue weighted by Crippen LogP contribution is -2.47. The maximum Gasteiger partial charge on any atom is 0.334 e. The van der Waals surface area contributed by atoms with Crippen LogP contribution in [0.1, 0.15) is 32.6 Å². The van der Waals surface area contributed by atoms with Gasteiger partial charge in [-0.2, -0.15) is 0 Å². The van der Waals surface area contributed by atoms with E-state index in [1.807, 2.05) is 0 Å². The number of carbonyl (C=O) groups is 4. The van der Waals surface area contributed by atoms with E-state index in [1.165, 1.54) is 7.05 Å². The summed E-state index contributed by atoms with van der Waals surface area (Å²) in [5.74, 6) is -1.84. The van der Waals surface area contributed by atoms with Crippen LogP contribution < -0.4 is 5.32 Å². The molecular formula is C13H19N3O4. The molecule has 0 aromatic heterocycles. The Kier molecular flexibility index (Phi) is 4.06. The summed E-state index contributed by atoms with van der Waals surface area (Å²) in [6.45, 7) is 1.69. The predicted molar refractivity (Wildman–Crippen MR) is 69.4 cm³/mol. The van der Waals surface area contributed by atoms with Crippen LogP contribution in [0, 0.1) is 5.92 Å². The van der Waals surface area contributed by atoms with Gasteiger partial charge in [-0.05, 0) is 18.8 Å². The Balaban J connectivity index is 1.93. The molecule has 2 atom stereocenters. The average Bonchev–Trinajstić information content (AvgIpc) is 2.59. The van der Waals surface area contributed by atoms with Crippen molar-refractivity contribution in [1.82, 2.24) is 15.1 Å². The number of carbonyl (C=O) groups excluding carboxylic acids is 4. The number of amides is 5. The number of imide groups is 2. The van der Waals surface area contributed by atoms with E-state index in [0.717, 1.165) is 30.6 Å². The highest BCUT2D eigenvalue weighted by atomic mass is 16.2. The van der Waals surface area contributed by atoms with Crippen molar-refractivity contribution < 1.29 is 19.2 Å². The van der Waals surface area contributed by atoms with Crippen LogP contribution >= 0.6 is 0 Å². The summed E-state index contributed by atoms with van der Waals surface area (Å²) >= 11 is 0. The maximum absolute atomic E-state index is 11.9. The van der Waals surface area contributed by atoms with E-state index in [1.54, 1.807) is 0 Å². The quantitative estimate of drug-likeness (QED) is 0.587. The first-order valence-corrected chi connectivity index (χ1v) is 6.84. The van der Waals surface area contributed by atoms with Crippen molar-refractivity contribution in [2.45, 2.75) is 38.6 Å². The molecule has 7 nitrogen and oxygen atoms in total. The Hall–Kier alpha value is -1.92. The number of likely N-dealkylation sites (N-methyl/N-ethyl adjacent to an activating group) is 1. The molecule has 0 bridgehead atoms. The van der Waals surface area contributed by atoms with Crippen molar-refractivity contribution in [1.29, 1.82) is 0 Å². The van der Waals surface area contributed by atoms with Crippen LogP contribution in [-0.4, -0.2) is 53.2 Å². The first-order chi connectivity index (χ1) is 9.41. The van der Waals surface area contributed by atoms with Gasteiger partial charge in [-0.25, -0.2) is 9.69 Å². The fourth-order valence-electron chi connectivity index (χ4n) is 2.68. The van der Waals surface area contributed by atoms with Crippen LogP contribution in [0.5, 0.6) is 0 Å². The van der Waals surface area contributed by atoms with Gasteiger partial charge in [0.25, 0.3) is 0 Å². The minimum absolute atomic E-state index is 0.0810. The van der Waals surface area contributed by atoms with Gasteiger partial charge in [0.1, 0.15) is 6.54 Å². The molecule has 110 valence electrons. The number of hydrogen-bond donors (Lipinski definition) is 1. The van der Waals surface area contributed by atoms with Gasteiger partial charge in [-0.1, -0.05) is 19.8 Å². The Morgan fingerprint density at radius 3 is 2.40 bits per heavy atom. The van der Waals surface area contributed by atoms with Gasteiger partial charge in [-0.3, -0.25) is 19.3 Å². The van der Waals surface area contributed by atoms with Gasteiger partial charge >= 0.3 is 17.8 Å². The first-order valence-electron chi connectivity index (χ1n) is 6.84. The fraction of sp³-hybridized carbons (Fsp3) is 0.692. The van der Waals surface area contributed by atoms with Gasteiger partial charge in [-0.15, -0.1) is 0 Å². The van der Waals surface area contributed by atoms with Gasteiger partial charge in [0.2, 0.25) is 5.91 Å². The fourth-order valence-corrected chi connectivity index (χ4v) is 2.68. The normalized spacial score (nSPS) is 27.2. The van der Waals surface area contributed by atoms with Gasteiger partial charge < -0.3 is 5.32 Å². The molecule has 1 aliphatic heterocycles. The van der Waals surface area contributed by atoms with Crippen LogP contribution in [-0.2, 0) is 14.4 Å². The zero-order valence-electron chi connectivity index (χ0n) is 11.7. The van der Waals surface area contributed by atoms with Gasteiger partial charge in [0.05, 0.1) is 0 Å². The van der Waals surface area contributed by atoms with Crippen molar-refractivity contribution in [2.24, 2.45) is 5.92 Å². The summed E-state index contributed by atoms with van der Waals surface area (Å²) < 4.78 is 0. The first kappa shape index (κ1) is 14.5. The minimum Gasteiger partial charge on any atom is -0.352 e. The summed E-state index contributed by atoms with van der Waals surface area (Å²) in [5.41, 5.74) is 0. The van der Waals surface area contributed by atoms with Gasteiger partial charge in [0, 0.05) is 13.1 Å². The molecule has 1 heterocycles. The largest absolute Gasteiger partial charge is 0.352 e. The zero-order valence-corrected chi connectivity index (χ0v) is 11.7. The van der Waals surface area contributed by atoms with Crippen molar-refractivity contribution in [3.63, 3.8) is 0 Å². The Morgan fingerprint density at radius 2 is 1.85 bits per heavy atom. The lowest BCUT2D eigenvalue weighted by atomic mass is 9.86. The second-order valence-corrected chi connectivity index (χ2v) is 5.47. The van der Waals surface area contributed by atoms with Crippen molar-refractivity contribution in [2.75, 3.05) is 13.6 Å². The molecule has 1 aliphatic carbocycles. The molecule has 0 radical (unpaired) electrons. The summed E-state index contributed by atoms with van der Waals surface area (Å²) in [6.07, 6.45) is 4.20. The third kappa shape index (κ3) is 2.66. The topological polar surface area (TPSA) is 86.8 Å². The molecule has 1 saturated heterocycles. The number of urea groups is 1. The molecule has 0 unspecified atom stereocenters. The van der Waals surface area contributed by atoms with Crippen LogP contribution in [0.25, 0.3) is 0 Å². The molecule has 0 aromatic carbocycles. The second-order valence-electron chi connectivity index (χ2n) is 5.47. The van der Waals surface area contributed by atoms with Crippen LogP contribution in [0.3, 0.4) is 0 Å². The Labute approximate surface area is 117 Å². The molecule has 5 amide bonds. The monoisotopic (exact) mass is 281 g/mol. The smallest absolute Gasteiger partial charge is 0.334 e. The molecule has 20 heavy (non-hydrogen) atoms. The predicted octanol–water partition coefficient (Wildman–Crippen LogP) is 0.102. The van der Waals surface area contributed by atoms with E-state index >= 15 is 0 Å². The van der Waals surface area contributed by atoms with E-state index in [-0.39, 0.29) is 6.04 Å². The zero-order chi connectivity index (χ0) is 14.9. The summed E-state index contributed by atoms with van der Waals surface area (Å²) in [5, 5.41) is 2.85. The van der Waals surface area contributed by atoms with E-state index in [2.05, 4.69) is 12.2 Å². The van der Waals surface area contributed by atoms with Crippen molar-refractivity contribution in [3.8, 4) is 0 Å². The molecule has 2 fully saturated rings. The van der Waals surface area contributed by atoms with Crippen LogP contribution in [0.2, 0.25) is 0 Å². The molecular weight excluding hydrogens is 262 g/mol. The van der Waals surface area contributed by atoms with Gasteiger partial charge in [0.15, 0.2) is 0 Å². The Morgan fingerprint density at radius 1 is 1.20 bits per heavy atom. The average molecular weight is 281 g/mol. The van der Waals surface area contributed by atoms with Crippen LogP contribution in [0.4, 0.5) is 4.79 Å². The summed E-state index contributed by atoms with van der Waals surface area (Å²) in [7, 11) is 1.23. The summed E-state index contributed by atoms with van der Waals surface area (Å²) in [6, 6.07) is -0.663. The lowest BCUT2D eigenvalue weighted by molar-refractivity contribution is -0.143. The molecule has 1 N–H and O–H groups in total. The highest BCUT2D eigenvalue weighted by Crippen LogP contribution is 2.23. The second kappa shape index (κ2) is 5.60. The van der Waals surface area contributed by atoms with E-state index in [0.29, 0.717) is 10.8 Å². The highest BCUT2D eigenvalue weighted by Gasteiger charge is 2.43. The molecule has 2 rings (SSSR count). The molecule has 0 aromatic rings. The number of hydrogen-bond acceptors (Lipinski definition) is 4. The molecule has 0 spiro atoms. The van der Waals surface area contributed by atoms with E-state index < -0.39 is 30.3 Å². The lowest BCUT2D eigenvalue weighted by Gasteiger charge is -2.29. The van der Waals surface area contributed by atoms with Crippen molar-refractivity contribution in [3.05, 3.63) is 0 Å². The number of nitrogens with one attached hydrogen (secondary N) is 1. The molecule has 7 heteroatoms. The molecule has 1 saturated carbocycles. The standard InChI is InChI=1S/C13H19N3O4/c1-8-5-3-4-6-9(8)14-10(17)7-16-12(19)11(18)15(2)13(16)20/h8-9H,3-7H2,1-2H3,(H,14,17)/t8-,9-/m1/s1. The third-order valence-electron chi connectivity index (χ3n) is 4.01. The third-order valence-corrected chi connectivity index (χ3v) is 4.01. The van der Waals surface area contributed by atoms with Crippen LogP contribution in [0.15, 0.2) is 0 Å². The Bertz CT molecular complexity index is 463. The van der Waals surface area contributed by atoms with Crippen molar-refractivity contribution >= 4 is 23.8 Å². The van der Waals surface area contributed by atoms with E-state index in [4.69, 9.17) is 0 Å². The number of rotatable bonds is 3. The SMILES string of the molecule is C[C@@H]1CCCC[C@H]1NC(=O)CN1C(=O)C(=O)N(C)C1=O. The maximum atomic E-state index is 11.9. The minimum atomic E-state index is -0.940. The van der Waals surface area contributed by atoms with E-state index in [9.17, 15) is 19.2 Å². The summed E-state index contributed by atoms with van der Waals surface area (Å²) in [4.78, 5) is 47.9. The molecule has 2 aliphatic rings. The number of nitrogens with zero attached hydrogens (tertiary/aromatic N) is 2.